The summed E-state index contributed by atoms with van der Waals surface area (Å²) in [5.74, 6) is -0.302. The van der Waals surface area contributed by atoms with Gasteiger partial charge in [-0.15, -0.1) is 0 Å². The molecule has 102 valence electrons. The predicted molar refractivity (Wildman–Crippen MR) is 79.0 cm³/mol. The van der Waals surface area contributed by atoms with E-state index in [9.17, 15) is 9.50 Å². The molecule has 1 atom stereocenters. The van der Waals surface area contributed by atoms with Crippen molar-refractivity contribution in [3.8, 4) is 0 Å². The number of hydrogen-bond donors (Lipinski definition) is 1. The minimum atomic E-state index is -0.694. The van der Waals surface area contributed by atoms with Crippen LogP contribution in [0.4, 0.5) is 4.39 Å². The van der Waals surface area contributed by atoms with Crippen LogP contribution in [0.1, 0.15) is 17.2 Å². The molecule has 3 aromatic rings. The molecule has 2 aromatic carbocycles. The van der Waals surface area contributed by atoms with Crippen molar-refractivity contribution in [3.05, 3.63) is 70.1 Å². The summed E-state index contributed by atoms with van der Waals surface area (Å²) >= 11 is 3.31. The fourth-order valence-electron chi connectivity index (χ4n) is 2.26. The lowest BCUT2D eigenvalue weighted by Gasteiger charge is -2.11. The molecule has 0 aliphatic heterocycles. The van der Waals surface area contributed by atoms with Gasteiger partial charge in [0.05, 0.1) is 12.4 Å². The average Bonchev–Trinajstić information content (AvgIpc) is 2.86. The number of rotatable bonds is 3. The molecule has 1 aromatic heterocycles. The van der Waals surface area contributed by atoms with Gasteiger partial charge in [-0.25, -0.2) is 4.39 Å². The van der Waals surface area contributed by atoms with Crippen LogP contribution >= 0.6 is 15.9 Å². The highest BCUT2D eigenvalue weighted by Crippen LogP contribution is 2.30. The molecule has 0 radical (unpaired) electrons. The van der Waals surface area contributed by atoms with Gasteiger partial charge in [0.2, 0.25) is 0 Å². The second kappa shape index (κ2) is 5.38. The SMILES string of the molecule is OC(Cc1ccc(F)cc1Br)c1coc2ccccc12. The van der Waals surface area contributed by atoms with Gasteiger partial charge in [-0.1, -0.05) is 40.2 Å². The summed E-state index contributed by atoms with van der Waals surface area (Å²) in [4.78, 5) is 0. The van der Waals surface area contributed by atoms with Crippen LogP contribution in [0.2, 0.25) is 0 Å². The van der Waals surface area contributed by atoms with E-state index in [-0.39, 0.29) is 5.82 Å². The summed E-state index contributed by atoms with van der Waals surface area (Å²) in [7, 11) is 0. The third-order valence-corrected chi connectivity index (χ3v) is 4.04. The number of aliphatic hydroxyl groups excluding tert-OH is 1. The van der Waals surface area contributed by atoms with Gasteiger partial charge in [-0.3, -0.25) is 0 Å². The summed E-state index contributed by atoms with van der Waals surface area (Å²) < 4.78 is 19.1. The molecule has 0 saturated heterocycles. The number of para-hydroxylation sites is 1. The van der Waals surface area contributed by atoms with Crippen LogP contribution in [0.25, 0.3) is 11.0 Å². The van der Waals surface area contributed by atoms with Crippen LogP contribution in [-0.2, 0) is 6.42 Å². The van der Waals surface area contributed by atoms with E-state index in [4.69, 9.17) is 4.42 Å². The number of halogens is 2. The van der Waals surface area contributed by atoms with Gasteiger partial charge in [0, 0.05) is 21.8 Å². The highest BCUT2D eigenvalue weighted by Gasteiger charge is 2.16. The fraction of sp³-hybridized carbons (Fsp3) is 0.125. The molecular formula is C16H12BrFO2. The lowest BCUT2D eigenvalue weighted by molar-refractivity contribution is 0.178. The van der Waals surface area contributed by atoms with Gasteiger partial charge >= 0.3 is 0 Å². The van der Waals surface area contributed by atoms with Crippen molar-refractivity contribution in [2.45, 2.75) is 12.5 Å². The third-order valence-electron chi connectivity index (χ3n) is 3.30. The van der Waals surface area contributed by atoms with Crippen LogP contribution in [0.15, 0.2) is 57.6 Å². The molecule has 0 saturated carbocycles. The van der Waals surface area contributed by atoms with Crippen LogP contribution in [0.3, 0.4) is 0 Å². The first-order valence-corrected chi connectivity index (χ1v) is 7.02. The fourth-order valence-corrected chi connectivity index (χ4v) is 2.77. The zero-order valence-electron chi connectivity index (χ0n) is 10.5. The Morgan fingerprint density at radius 1 is 1.20 bits per heavy atom. The van der Waals surface area contributed by atoms with Gasteiger partial charge in [0.15, 0.2) is 0 Å². The molecule has 0 aliphatic rings. The van der Waals surface area contributed by atoms with E-state index in [1.165, 1.54) is 12.1 Å². The first-order valence-electron chi connectivity index (χ1n) is 6.23. The van der Waals surface area contributed by atoms with E-state index in [0.717, 1.165) is 22.1 Å². The molecule has 0 amide bonds. The number of furan rings is 1. The van der Waals surface area contributed by atoms with Gasteiger partial charge in [0.1, 0.15) is 11.4 Å². The molecule has 3 rings (SSSR count). The number of benzene rings is 2. The van der Waals surface area contributed by atoms with Crippen molar-refractivity contribution >= 4 is 26.9 Å². The molecule has 20 heavy (non-hydrogen) atoms. The second-order valence-corrected chi connectivity index (χ2v) is 5.50. The van der Waals surface area contributed by atoms with Crippen LogP contribution in [0.5, 0.6) is 0 Å². The summed E-state index contributed by atoms with van der Waals surface area (Å²) in [6.07, 6.45) is 1.28. The lowest BCUT2D eigenvalue weighted by Crippen LogP contribution is -2.02. The van der Waals surface area contributed by atoms with E-state index < -0.39 is 6.10 Å². The Morgan fingerprint density at radius 3 is 2.80 bits per heavy atom. The highest BCUT2D eigenvalue weighted by atomic mass is 79.9. The minimum absolute atomic E-state index is 0.302. The highest BCUT2D eigenvalue weighted by molar-refractivity contribution is 9.10. The Balaban J connectivity index is 1.91. The summed E-state index contributed by atoms with van der Waals surface area (Å²) in [6, 6.07) is 12.0. The zero-order valence-corrected chi connectivity index (χ0v) is 12.1. The normalized spacial score (nSPS) is 12.8. The van der Waals surface area contributed by atoms with E-state index in [2.05, 4.69) is 15.9 Å². The van der Waals surface area contributed by atoms with Crippen molar-refractivity contribution in [1.82, 2.24) is 0 Å². The smallest absolute Gasteiger partial charge is 0.134 e. The summed E-state index contributed by atoms with van der Waals surface area (Å²) in [6.45, 7) is 0. The quantitative estimate of drug-likeness (QED) is 0.758. The van der Waals surface area contributed by atoms with Crippen molar-refractivity contribution in [2.75, 3.05) is 0 Å². The maximum Gasteiger partial charge on any atom is 0.134 e. The first kappa shape index (κ1) is 13.3. The molecule has 2 nitrogen and oxygen atoms in total. The number of fused-ring (bicyclic) bond motifs is 1. The molecule has 1 N–H and O–H groups in total. The molecule has 0 spiro atoms. The Morgan fingerprint density at radius 2 is 2.00 bits per heavy atom. The summed E-state index contributed by atoms with van der Waals surface area (Å²) in [5.41, 5.74) is 2.35. The Labute approximate surface area is 124 Å². The molecule has 0 aliphatic carbocycles. The van der Waals surface area contributed by atoms with Crippen molar-refractivity contribution in [2.24, 2.45) is 0 Å². The minimum Gasteiger partial charge on any atom is -0.464 e. The van der Waals surface area contributed by atoms with Crippen molar-refractivity contribution in [3.63, 3.8) is 0 Å². The van der Waals surface area contributed by atoms with Crippen LogP contribution in [-0.4, -0.2) is 5.11 Å². The maximum absolute atomic E-state index is 13.1. The van der Waals surface area contributed by atoms with Gasteiger partial charge in [0.25, 0.3) is 0 Å². The Hall–Kier alpha value is -1.65. The van der Waals surface area contributed by atoms with Gasteiger partial charge in [-0.05, 0) is 23.8 Å². The molecule has 4 heteroatoms. The average molecular weight is 335 g/mol. The van der Waals surface area contributed by atoms with E-state index in [0.29, 0.717) is 10.9 Å². The number of hydrogen-bond acceptors (Lipinski definition) is 2. The molecule has 0 fully saturated rings. The Kier molecular flexibility index (Phi) is 3.59. The number of aliphatic hydroxyl groups is 1. The monoisotopic (exact) mass is 334 g/mol. The largest absolute Gasteiger partial charge is 0.464 e. The topological polar surface area (TPSA) is 33.4 Å². The van der Waals surface area contributed by atoms with Crippen molar-refractivity contribution in [1.29, 1.82) is 0 Å². The molecule has 1 heterocycles. The Bertz CT molecular complexity index is 751. The lowest BCUT2D eigenvalue weighted by atomic mass is 10.0. The van der Waals surface area contributed by atoms with Crippen LogP contribution in [0, 0.1) is 5.82 Å². The molecule has 1 unspecified atom stereocenters. The standard InChI is InChI=1S/C16H12BrFO2/c17-14-8-11(18)6-5-10(14)7-15(19)13-9-20-16-4-2-1-3-12(13)16/h1-6,8-9,15,19H,7H2. The molecular weight excluding hydrogens is 323 g/mol. The van der Waals surface area contributed by atoms with E-state index >= 15 is 0 Å². The van der Waals surface area contributed by atoms with Crippen LogP contribution < -0.4 is 0 Å². The van der Waals surface area contributed by atoms with E-state index in [1.807, 2.05) is 24.3 Å². The maximum atomic E-state index is 13.1. The van der Waals surface area contributed by atoms with Crippen molar-refractivity contribution < 1.29 is 13.9 Å². The summed E-state index contributed by atoms with van der Waals surface area (Å²) in [5, 5.41) is 11.3. The van der Waals surface area contributed by atoms with Gasteiger partial charge in [-0.2, -0.15) is 0 Å². The molecule has 0 bridgehead atoms. The second-order valence-electron chi connectivity index (χ2n) is 4.64. The predicted octanol–water partition coefficient (Wildman–Crippen LogP) is 4.61. The van der Waals surface area contributed by atoms with Gasteiger partial charge < -0.3 is 9.52 Å². The van der Waals surface area contributed by atoms with E-state index in [1.54, 1.807) is 12.3 Å². The third kappa shape index (κ3) is 2.49. The zero-order chi connectivity index (χ0) is 14.1. The first-order chi connectivity index (χ1) is 9.65.